The topological polar surface area (TPSA) is 24.9 Å². The molecule has 0 aromatic carbocycles. The van der Waals surface area contributed by atoms with E-state index in [9.17, 15) is 0 Å². The molecule has 1 atom stereocenters. The van der Waals surface area contributed by atoms with Crippen LogP contribution in [0.1, 0.15) is 54.6 Å². The van der Waals surface area contributed by atoms with Crippen molar-refractivity contribution in [3.8, 4) is 0 Å². The zero-order chi connectivity index (χ0) is 14.4. The second kappa shape index (κ2) is 8.40. The van der Waals surface area contributed by atoms with Crippen LogP contribution in [0.5, 0.6) is 0 Å². The van der Waals surface area contributed by atoms with Gasteiger partial charge in [0.2, 0.25) is 0 Å². The van der Waals surface area contributed by atoms with Crippen molar-refractivity contribution >= 4 is 23.1 Å². The molecule has 20 heavy (non-hydrogen) atoms. The van der Waals surface area contributed by atoms with Gasteiger partial charge in [0.25, 0.3) is 0 Å². The van der Waals surface area contributed by atoms with Crippen molar-refractivity contribution in [1.29, 1.82) is 0 Å². The van der Waals surface area contributed by atoms with Crippen LogP contribution in [0.3, 0.4) is 0 Å². The average Bonchev–Trinajstić information content (AvgIpc) is 3.04. The van der Waals surface area contributed by atoms with Gasteiger partial charge >= 0.3 is 0 Å². The first kappa shape index (κ1) is 16.3. The molecule has 114 valence electrons. The quantitative estimate of drug-likeness (QED) is 0.772. The molecule has 1 saturated carbocycles. The molecular formula is C16H28N2S2. The summed E-state index contributed by atoms with van der Waals surface area (Å²) in [4.78, 5) is 6.08. The normalized spacial score (nSPS) is 17.8. The Morgan fingerprint density at radius 2 is 2.10 bits per heavy atom. The number of rotatable bonds is 8. The lowest BCUT2D eigenvalue weighted by Crippen LogP contribution is -2.34. The van der Waals surface area contributed by atoms with Crippen LogP contribution in [-0.2, 0) is 6.42 Å². The highest BCUT2D eigenvalue weighted by atomic mass is 32.2. The number of hydrogen-bond donors (Lipinski definition) is 1. The second-order valence-corrected chi connectivity index (χ2v) is 8.47. The first-order valence-corrected chi connectivity index (χ1v) is 9.83. The van der Waals surface area contributed by atoms with Crippen molar-refractivity contribution in [2.24, 2.45) is 0 Å². The monoisotopic (exact) mass is 312 g/mol. The van der Waals surface area contributed by atoms with Gasteiger partial charge < -0.3 is 5.32 Å². The molecule has 2 nitrogen and oxygen atoms in total. The van der Waals surface area contributed by atoms with Crippen molar-refractivity contribution in [1.82, 2.24) is 10.3 Å². The van der Waals surface area contributed by atoms with E-state index in [0.29, 0.717) is 6.04 Å². The molecule has 0 radical (unpaired) electrons. The Bertz CT molecular complexity index is 378. The minimum atomic E-state index is 0.588. The van der Waals surface area contributed by atoms with Crippen LogP contribution in [-0.4, -0.2) is 28.6 Å². The predicted octanol–water partition coefficient (Wildman–Crippen LogP) is 4.35. The maximum absolute atomic E-state index is 4.71. The molecule has 1 aliphatic carbocycles. The van der Waals surface area contributed by atoms with Gasteiger partial charge in [0.05, 0.1) is 10.7 Å². The lowest BCUT2D eigenvalue weighted by molar-refractivity contribution is 0.548. The third kappa shape index (κ3) is 5.05. The number of hydrogen-bond acceptors (Lipinski definition) is 4. The molecule has 1 N–H and O–H groups in total. The standard InChI is InChI=1S/C16H28N2S2/c1-4-9-17-14(11-19-15-7-5-6-8-15)10-16-18-12(2)13(3)20-16/h14-15,17H,4-11H2,1-3H3. The number of thiazole rings is 1. The average molecular weight is 313 g/mol. The number of thioether (sulfide) groups is 1. The Morgan fingerprint density at radius 1 is 1.35 bits per heavy atom. The van der Waals surface area contributed by atoms with Crippen LogP contribution in [0.15, 0.2) is 0 Å². The molecule has 0 aliphatic heterocycles. The van der Waals surface area contributed by atoms with Crippen LogP contribution in [0, 0.1) is 13.8 Å². The summed E-state index contributed by atoms with van der Waals surface area (Å²) in [6, 6.07) is 0.588. The van der Waals surface area contributed by atoms with Crippen molar-refractivity contribution in [3.05, 3.63) is 15.6 Å². The fraction of sp³-hybridized carbons (Fsp3) is 0.812. The lowest BCUT2D eigenvalue weighted by Gasteiger charge is -2.19. The Hall–Kier alpha value is -0.0600. The lowest BCUT2D eigenvalue weighted by atomic mass is 10.2. The SMILES string of the molecule is CCCNC(CSC1CCCC1)Cc1nc(C)c(C)s1. The molecule has 0 spiro atoms. The fourth-order valence-corrected chi connectivity index (χ4v) is 5.10. The number of nitrogens with one attached hydrogen (secondary N) is 1. The van der Waals surface area contributed by atoms with E-state index in [4.69, 9.17) is 4.98 Å². The Balaban J connectivity index is 1.84. The van der Waals surface area contributed by atoms with Crippen LogP contribution >= 0.6 is 23.1 Å². The molecule has 1 aromatic heterocycles. The number of aryl methyl sites for hydroxylation is 2. The molecule has 2 rings (SSSR count). The summed E-state index contributed by atoms with van der Waals surface area (Å²) in [6.45, 7) is 7.67. The van der Waals surface area contributed by atoms with Gasteiger partial charge in [-0.25, -0.2) is 4.98 Å². The molecular weight excluding hydrogens is 284 g/mol. The molecule has 1 heterocycles. The van der Waals surface area contributed by atoms with Crippen LogP contribution in [0.4, 0.5) is 0 Å². The minimum absolute atomic E-state index is 0.588. The van der Waals surface area contributed by atoms with Gasteiger partial charge in [-0.15, -0.1) is 11.3 Å². The molecule has 1 unspecified atom stereocenters. The van der Waals surface area contributed by atoms with Gasteiger partial charge in [-0.2, -0.15) is 11.8 Å². The molecule has 1 fully saturated rings. The minimum Gasteiger partial charge on any atom is -0.313 e. The first-order valence-electron chi connectivity index (χ1n) is 7.97. The van der Waals surface area contributed by atoms with Gasteiger partial charge in [0.1, 0.15) is 0 Å². The Labute approximate surface area is 132 Å². The second-order valence-electron chi connectivity index (χ2n) is 5.84. The van der Waals surface area contributed by atoms with Crippen molar-refractivity contribution in [2.45, 2.75) is 70.6 Å². The van der Waals surface area contributed by atoms with Gasteiger partial charge in [-0.1, -0.05) is 19.8 Å². The highest BCUT2D eigenvalue weighted by Crippen LogP contribution is 2.30. The van der Waals surface area contributed by atoms with Gasteiger partial charge in [0.15, 0.2) is 0 Å². The van der Waals surface area contributed by atoms with E-state index in [1.165, 1.54) is 53.4 Å². The summed E-state index contributed by atoms with van der Waals surface area (Å²) in [5, 5.41) is 5.94. The highest BCUT2D eigenvalue weighted by molar-refractivity contribution is 7.99. The molecule has 1 aliphatic rings. The summed E-state index contributed by atoms with van der Waals surface area (Å²) < 4.78 is 0. The zero-order valence-electron chi connectivity index (χ0n) is 13.1. The summed E-state index contributed by atoms with van der Waals surface area (Å²) in [7, 11) is 0. The third-order valence-corrected chi connectivity index (χ3v) is 6.64. The summed E-state index contributed by atoms with van der Waals surface area (Å²) in [5.74, 6) is 1.24. The van der Waals surface area contributed by atoms with E-state index in [1.807, 2.05) is 11.3 Å². The highest BCUT2D eigenvalue weighted by Gasteiger charge is 2.19. The first-order chi connectivity index (χ1) is 9.69. The van der Waals surface area contributed by atoms with Crippen LogP contribution < -0.4 is 5.32 Å². The summed E-state index contributed by atoms with van der Waals surface area (Å²) in [5.41, 5.74) is 1.21. The van der Waals surface area contributed by atoms with E-state index < -0.39 is 0 Å². The molecule has 4 heteroatoms. The van der Waals surface area contributed by atoms with E-state index in [2.05, 4.69) is 37.8 Å². The van der Waals surface area contributed by atoms with E-state index in [1.54, 1.807) is 0 Å². The Morgan fingerprint density at radius 3 is 2.70 bits per heavy atom. The third-order valence-electron chi connectivity index (χ3n) is 4.01. The molecule has 0 amide bonds. The molecule has 0 saturated heterocycles. The summed E-state index contributed by atoms with van der Waals surface area (Å²) >= 11 is 4.06. The van der Waals surface area contributed by atoms with Gasteiger partial charge in [-0.3, -0.25) is 0 Å². The van der Waals surface area contributed by atoms with E-state index in [0.717, 1.165) is 18.2 Å². The smallest absolute Gasteiger partial charge is 0.0946 e. The fourth-order valence-electron chi connectivity index (χ4n) is 2.68. The number of aromatic nitrogens is 1. The Kier molecular flexibility index (Phi) is 6.85. The maximum atomic E-state index is 4.71. The molecule has 1 aromatic rings. The van der Waals surface area contributed by atoms with E-state index in [-0.39, 0.29) is 0 Å². The maximum Gasteiger partial charge on any atom is 0.0946 e. The van der Waals surface area contributed by atoms with Crippen LogP contribution in [0.2, 0.25) is 0 Å². The van der Waals surface area contributed by atoms with E-state index >= 15 is 0 Å². The van der Waals surface area contributed by atoms with Crippen molar-refractivity contribution in [3.63, 3.8) is 0 Å². The number of nitrogens with zero attached hydrogens (tertiary/aromatic N) is 1. The predicted molar refractivity (Wildman–Crippen MR) is 92.1 cm³/mol. The van der Waals surface area contributed by atoms with Crippen molar-refractivity contribution in [2.75, 3.05) is 12.3 Å². The molecule has 0 bridgehead atoms. The zero-order valence-corrected chi connectivity index (χ0v) is 14.7. The largest absolute Gasteiger partial charge is 0.313 e. The summed E-state index contributed by atoms with van der Waals surface area (Å²) in [6.07, 6.45) is 8.05. The van der Waals surface area contributed by atoms with Crippen molar-refractivity contribution < 1.29 is 0 Å². The van der Waals surface area contributed by atoms with Crippen LogP contribution in [0.25, 0.3) is 0 Å². The van der Waals surface area contributed by atoms with Gasteiger partial charge in [0, 0.05) is 28.3 Å². The van der Waals surface area contributed by atoms with Gasteiger partial charge in [-0.05, 0) is 39.7 Å².